The molecule has 0 radical (unpaired) electrons. The predicted molar refractivity (Wildman–Crippen MR) is 86.7 cm³/mol. The van der Waals surface area contributed by atoms with E-state index in [1.54, 1.807) is 0 Å². The molecule has 1 aliphatic rings. The Labute approximate surface area is 129 Å². The van der Waals surface area contributed by atoms with Crippen LogP contribution in [0.15, 0.2) is 42.5 Å². The van der Waals surface area contributed by atoms with Crippen LogP contribution in [0.2, 0.25) is 5.02 Å². The van der Waals surface area contributed by atoms with E-state index in [-0.39, 0.29) is 5.91 Å². The molecule has 0 atom stereocenters. The zero-order valence-corrected chi connectivity index (χ0v) is 12.4. The predicted octanol–water partition coefficient (Wildman–Crippen LogP) is 3.44. The molecule has 1 heterocycles. The molecule has 3 rings (SSSR count). The van der Waals surface area contributed by atoms with Crippen LogP contribution in [-0.4, -0.2) is 12.5 Å². The summed E-state index contributed by atoms with van der Waals surface area (Å²) in [6.45, 7) is 0.753. The number of hydrogen-bond acceptors (Lipinski definition) is 2. The van der Waals surface area contributed by atoms with Gasteiger partial charge in [-0.3, -0.25) is 4.79 Å². The Kier molecular flexibility index (Phi) is 3.84. The topological polar surface area (TPSA) is 46.3 Å². The summed E-state index contributed by atoms with van der Waals surface area (Å²) < 4.78 is 0. The minimum absolute atomic E-state index is 0.101. The first kappa shape index (κ1) is 14.0. The number of carbonyl (C=O) groups excluding carboxylic acids is 1. The van der Waals surface area contributed by atoms with Gasteiger partial charge in [0.15, 0.2) is 0 Å². The van der Waals surface area contributed by atoms with Crippen LogP contribution in [0.5, 0.6) is 0 Å². The summed E-state index contributed by atoms with van der Waals surface area (Å²) in [7, 11) is 0. The first-order valence-corrected chi connectivity index (χ1v) is 7.44. The van der Waals surface area contributed by atoms with Gasteiger partial charge in [0.05, 0.1) is 6.42 Å². The van der Waals surface area contributed by atoms with Crippen molar-refractivity contribution in [1.29, 1.82) is 0 Å². The lowest BCUT2D eigenvalue weighted by atomic mass is 10.00. The van der Waals surface area contributed by atoms with Crippen molar-refractivity contribution in [3.63, 3.8) is 0 Å². The first-order valence-electron chi connectivity index (χ1n) is 7.07. The van der Waals surface area contributed by atoms with E-state index in [9.17, 15) is 4.79 Å². The average molecular weight is 301 g/mol. The molecule has 0 spiro atoms. The second kappa shape index (κ2) is 5.78. The van der Waals surface area contributed by atoms with Gasteiger partial charge in [-0.15, -0.1) is 0 Å². The molecule has 4 heteroatoms. The number of benzene rings is 2. The largest absolute Gasteiger partial charge is 0.399 e. The molecule has 0 saturated carbocycles. The zero-order chi connectivity index (χ0) is 14.8. The zero-order valence-electron chi connectivity index (χ0n) is 11.7. The van der Waals surface area contributed by atoms with Crippen molar-refractivity contribution >= 4 is 28.9 Å². The molecule has 2 N–H and O–H groups in total. The standard InChI is InChI=1S/C17H17ClN2O/c18-14-6-3-12(4-7-14)10-17(21)20-9-1-2-13-5-8-15(19)11-16(13)20/h3-8,11H,1-2,9-10,19H2. The van der Waals surface area contributed by atoms with Crippen molar-refractivity contribution in [3.8, 4) is 0 Å². The van der Waals surface area contributed by atoms with E-state index >= 15 is 0 Å². The maximum absolute atomic E-state index is 12.6. The van der Waals surface area contributed by atoms with Crippen molar-refractivity contribution in [2.75, 3.05) is 17.2 Å². The summed E-state index contributed by atoms with van der Waals surface area (Å²) >= 11 is 5.87. The fourth-order valence-corrected chi connectivity index (χ4v) is 2.85. The number of aryl methyl sites for hydroxylation is 1. The van der Waals surface area contributed by atoms with E-state index < -0.39 is 0 Å². The van der Waals surface area contributed by atoms with Gasteiger partial charge >= 0.3 is 0 Å². The van der Waals surface area contributed by atoms with Gasteiger partial charge in [-0.05, 0) is 48.2 Å². The highest BCUT2D eigenvalue weighted by Crippen LogP contribution is 2.29. The van der Waals surface area contributed by atoms with E-state index in [4.69, 9.17) is 17.3 Å². The van der Waals surface area contributed by atoms with Gasteiger partial charge in [0, 0.05) is 22.9 Å². The highest BCUT2D eigenvalue weighted by molar-refractivity contribution is 6.30. The van der Waals surface area contributed by atoms with Crippen LogP contribution in [0.25, 0.3) is 0 Å². The van der Waals surface area contributed by atoms with Crippen LogP contribution in [0.3, 0.4) is 0 Å². The first-order chi connectivity index (χ1) is 10.1. The third kappa shape index (κ3) is 3.03. The lowest BCUT2D eigenvalue weighted by Gasteiger charge is -2.30. The van der Waals surface area contributed by atoms with E-state index in [1.807, 2.05) is 47.4 Å². The summed E-state index contributed by atoms with van der Waals surface area (Å²) in [4.78, 5) is 14.4. The van der Waals surface area contributed by atoms with Crippen molar-refractivity contribution in [1.82, 2.24) is 0 Å². The van der Waals surface area contributed by atoms with Crippen LogP contribution in [0.1, 0.15) is 17.5 Å². The Morgan fingerprint density at radius 2 is 1.95 bits per heavy atom. The summed E-state index contributed by atoms with van der Waals surface area (Å²) in [6, 6.07) is 13.2. The Hall–Kier alpha value is -2.00. The molecule has 2 aromatic rings. The molecule has 0 unspecified atom stereocenters. The number of amides is 1. The van der Waals surface area contributed by atoms with Gasteiger partial charge in [-0.2, -0.15) is 0 Å². The third-order valence-electron chi connectivity index (χ3n) is 3.80. The maximum atomic E-state index is 12.6. The second-order valence-corrected chi connectivity index (χ2v) is 5.78. The average Bonchev–Trinajstić information content (AvgIpc) is 2.49. The van der Waals surface area contributed by atoms with Gasteiger partial charge < -0.3 is 10.6 Å². The molecule has 2 aromatic carbocycles. The van der Waals surface area contributed by atoms with Gasteiger partial charge in [0.1, 0.15) is 0 Å². The summed E-state index contributed by atoms with van der Waals surface area (Å²) in [5.74, 6) is 0.101. The molecule has 108 valence electrons. The molecule has 0 aromatic heterocycles. The van der Waals surface area contributed by atoms with Crippen LogP contribution in [0, 0.1) is 0 Å². The molecule has 0 saturated heterocycles. The van der Waals surface area contributed by atoms with Gasteiger partial charge in [0.25, 0.3) is 0 Å². The number of rotatable bonds is 2. The fourth-order valence-electron chi connectivity index (χ4n) is 2.72. The molecule has 3 nitrogen and oxygen atoms in total. The lowest BCUT2D eigenvalue weighted by Crippen LogP contribution is -2.36. The highest BCUT2D eigenvalue weighted by atomic mass is 35.5. The van der Waals surface area contributed by atoms with Gasteiger partial charge in [0.2, 0.25) is 5.91 Å². The number of nitrogens with zero attached hydrogens (tertiary/aromatic N) is 1. The minimum atomic E-state index is 0.101. The van der Waals surface area contributed by atoms with Gasteiger partial charge in [-0.1, -0.05) is 29.8 Å². The number of carbonyl (C=O) groups is 1. The van der Waals surface area contributed by atoms with Crippen LogP contribution in [0.4, 0.5) is 11.4 Å². The van der Waals surface area contributed by atoms with Crippen molar-refractivity contribution in [2.45, 2.75) is 19.3 Å². The van der Waals surface area contributed by atoms with Crippen molar-refractivity contribution in [2.24, 2.45) is 0 Å². The highest BCUT2D eigenvalue weighted by Gasteiger charge is 2.22. The molecule has 0 aliphatic carbocycles. The van der Waals surface area contributed by atoms with E-state index in [1.165, 1.54) is 5.56 Å². The fraction of sp³-hybridized carbons (Fsp3) is 0.235. The Bertz CT molecular complexity index is 667. The van der Waals surface area contributed by atoms with Crippen LogP contribution in [-0.2, 0) is 17.6 Å². The third-order valence-corrected chi connectivity index (χ3v) is 4.05. The van der Waals surface area contributed by atoms with Crippen molar-refractivity contribution < 1.29 is 4.79 Å². The van der Waals surface area contributed by atoms with E-state index in [0.29, 0.717) is 17.1 Å². The number of hydrogen-bond donors (Lipinski definition) is 1. The van der Waals surface area contributed by atoms with Crippen LogP contribution < -0.4 is 10.6 Å². The molecule has 1 aliphatic heterocycles. The Morgan fingerprint density at radius 3 is 2.71 bits per heavy atom. The summed E-state index contributed by atoms with van der Waals surface area (Å²) in [6.07, 6.45) is 2.37. The number of anilines is 2. The van der Waals surface area contributed by atoms with Crippen molar-refractivity contribution in [3.05, 3.63) is 58.6 Å². The Morgan fingerprint density at radius 1 is 1.19 bits per heavy atom. The van der Waals surface area contributed by atoms with Crippen LogP contribution >= 0.6 is 11.6 Å². The number of nitrogen functional groups attached to an aromatic ring is 1. The Balaban J connectivity index is 1.83. The molecule has 0 bridgehead atoms. The van der Waals surface area contributed by atoms with E-state index in [2.05, 4.69) is 0 Å². The minimum Gasteiger partial charge on any atom is -0.399 e. The number of nitrogens with two attached hydrogens (primary N) is 1. The maximum Gasteiger partial charge on any atom is 0.231 e. The molecular weight excluding hydrogens is 284 g/mol. The molecule has 1 amide bonds. The number of halogens is 1. The monoisotopic (exact) mass is 300 g/mol. The molecule has 21 heavy (non-hydrogen) atoms. The van der Waals surface area contributed by atoms with Gasteiger partial charge in [-0.25, -0.2) is 0 Å². The second-order valence-electron chi connectivity index (χ2n) is 5.34. The summed E-state index contributed by atoms with van der Waals surface area (Å²) in [5, 5.41) is 0.683. The van der Waals surface area contributed by atoms with E-state index in [0.717, 1.165) is 30.6 Å². The lowest BCUT2D eigenvalue weighted by molar-refractivity contribution is -0.118. The normalized spacial score (nSPS) is 13.9. The quantitative estimate of drug-likeness (QED) is 0.864. The molecule has 0 fully saturated rings. The number of fused-ring (bicyclic) bond motifs is 1. The summed E-state index contributed by atoms with van der Waals surface area (Å²) in [5.41, 5.74) is 9.68. The molecular formula is C17H17ClN2O. The smallest absolute Gasteiger partial charge is 0.231 e. The SMILES string of the molecule is Nc1ccc2c(c1)N(C(=O)Cc1ccc(Cl)cc1)CCC2.